The molecule has 0 amide bonds. The van der Waals surface area contributed by atoms with E-state index in [1.54, 1.807) is 0 Å². The quantitative estimate of drug-likeness (QED) is 0.391. The first-order chi connectivity index (χ1) is 1.73. The van der Waals surface area contributed by atoms with Gasteiger partial charge in [0.05, 0.1) is 0 Å². The van der Waals surface area contributed by atoms with Crippen molar-refractivity contribution in [2.24, 2.45) is 0 Å². The van der Waals surface area contributed by atoms with E-state index >= 15 is 0 Å². The summed E-state index contributed by atoms with van der Waals surface area (Å²) in [5, 5.41) is 0. The maximum atomic E-state index is 8.54. The Balaban J connectivity index is 0. The summed E-state index contributed by atoms with van der Waals surface area (Å²) in [7, 11) is 0. The summed E-state index contributed by atoms with van der Waals surface area (Å²) in [4.78, 5) is 0. The third-order valence-electron chi connectivity index (χ3n) is 0. The minimum Gasteiger partial charge on any atom is 2.00 e. The van der Waals surface area contributed by atoms with Crippen molar-refractivity contribution in [1.29, 1.82) is 0 Å². The van der Waals surface area contributed by atoms with Gasteiger partial charge in [0.15, 0.2) is 0 Å². The molecule has 0 aliphatic rings. The fourth-order valence-electron chi connectivity index (χ4n) is 0. The van der Waals surface area contributed by atoms with E-state index < -0.39 is 14.5 Å². The normalized spacial score (nSPS) is 7.00. The molecule has 0 aliphatic heterocycles. The van der Waals surface area contributed by atoms with Crippen LogP contribution in [0.15, 0.2) is 0 Å². The van der Waals surface area contributed by atoms with Gasteiger partial charge in [-0.2, -0.15) is 0 Å². The van der Waals surface area contributed by atoms with Crippen molar-refractivity contribution in [3.63, 3.8) is 0 Å². The summed E-state index contributed by atoms with van der Waals surface area (Å²) in [6.45, 7) is 0. The molecule has 0 aliphatic carbocycles. The molecule has 0 aromatic carbocycles. The van der Waals surface area contributed by atoms with Crippen molar-refractivity contribution in [2.75, 3.05) is 0 Å². The summed E-state index contributed by atoms with van der Waals surface area (Å²) in [6.07, 6.45) is 0. The molecule has 0 atom stereocenters. The largest absolute Gasteiger partial charge is 2.00 e. The summed E-state index contributed by atoms with van der Waals surface area (Å²) < 4.78 is 25.6. The number of rotatable bonds is 0. The van der Waals surface area contributed by atoms with Crippen LogP contribution in [0.1, 0.15) is 0 Å². The zero-order chi connectivity index (χ0) is 3.58. The molecule has 0 fully saturated rings. The second kappa shape index (κ2) is 4.76. The van der Waals surface area contributed by atoms with Gasteiger partial charge in [0.25, 0.3) is 0 Å². The van der Waals surface area contributed by atoms with Gasteiger partial charge in [-0.05, 0) is 0 Å². The van der Waals surface area contributed by atoms with Gasteiger partial charge >= 0.3 is 43.8 Å². The van der Waals surface area contributed by atoms with Crippen LogP contribution in [0.3, 0.4) is 0 Å². The predicted octanol–water partition coefficient (Wildman–Crippen LogP) is -3.26. The molecule has 5 heavy (non-hydrogen) atoms. The minimum absolute atomic E-state index is 0. The van der Waals surface area contributed by atoms with Crippen LogP contribution in [-0.2, 0) is 3.83 Å². The first-order valence-electron chi connectivity index (χ1n) is 0.500. The second-order valence-electron chi connectivity index (χ2n) is 0.204. The minimum atomic E-state index is -3.79. The summed E-state index contributed by atoms with van der Waals surface area (Å²) in [6, 6.07) is 0. The zero-order valence-electron chi connectivity index (χ0n) is 2.04. The zero-order valence-corrected chi connectivity index (χ0v) is 5.47. The van der Waals surface area contributed by atoms with Crippen LogP contribution in [0.4, 0.5) is 0 Å². The molecule has 0 heterocycles. The molecule has 3 nitrogen and oxygen atoms in total. The van der Waals surface area contributed by atoms with Crippen LogP contribution in [0.5, 0.6) is 0 Å². The number of hydrogen-bond donors (Lipinski definition) is 0. The van der Waals surface area contributed by atoms with E-state index in [9.17, 15) is 0 Å². The molecule has 0 spiro atoms. The van der Waals surface area contributed by atoms with E-state index in [0.29, 0.717) is 0 Å². The Hall–Kier alpha value is 0.759. The Labute approximate surface area is 44.2 Å². The average Bonchev–Trinajstić information content (AvgIpc) is 0.811. The van der Waals surface area contributed by atoms with Crippen LogP contribution >= 0.6 is 0 Å². The van der Waals surface area contributed by atoms with Gasteiger partial charge in [-0.3, -0.25) is 0 Å². The second-order valence-corrected chi connectivity index (χ2v) is 1.06. The predicted molar refractivity (Wildman–Crippen MR) is 12.2 cm³/mol. The van der Waals surface area contributed by atoms with Crippen molar-refractivity contribution in [3.05, 3.63) is 0 Å². The van der Waals surface area contributed by atoms with E-state index in [1.807, 2.05) is 0 Å². The van der Waals surface area contributed by atoms with Gasteiger partial charge < -0.3 is 0 Å². The SMILES string of the molecule is O=[Se]([O-])[O-].[Se+2]. The standard InChI is InChI=1S/H2O3Se.Se/c1-4(2)3;/h(H2,1,2,3);/q;+2/p-2. The fourth-order valence-corrected chi connectivity index (χ4v) is 0. The first kappa shape index (κ1) is 9.23. The van der Waals surface area contributed by atoms with Crippen LogP contribution in [0.2, 0.25) is 0 Å². The van der Waals surface area contributed by atoms with Crippen LogP contribution in [-0.4, -0.2) is 31.6 Å². The molecule has 0 rings (SSSR count). The molecule has 0 aromatic heterocycles. The van der Waals surface area contributed by atoms with Gasteiger partial charge in [0.1, 0.15) is 0 Å². The van der Waals surface area contributed by atoms with Crippen LogP contribution in [0, 0.1) is 0 Å². The molecule has 0 aromatic rings. The smallest absolute Gasteiger partial charge is 2.00 e. The van der Waals surface area contributed by atoms with Gasteiger partial charge in [0.2, 0.25) is 0 Å². The Morgan fingerprint density at radius 3 is 1.40 bits per heavy atom. The Morgan fingerprint density at radius 1 is 1.40 bits per heavy atom. The molecule has 0 saturated heterocycles. The molecule has 0 saturated carbocycles. The van der Waals surface area contributed by atoms with Crippen LogP contribution < -0.4 is 8.38 Å². The van der Waals surface area contributed by atoms with E-state index in [4.69, 9.17) is 12.2 Å². The summed E-state index contributed by atoms with van der Waals surface area (Å²) in [5.41, 5.74) is 0. The maximum Gasteiger partial charge on any atom is 2.00 e. The monoisotopic (exact) mass is 208 g/mol. The van der Waals surface area contributed by atoms with Crippen molar-refractivity contribution >= 4 is 31.6 Å². The topological polar surface area (TPSA) is 63.2 Å². The van der Waals surface area contributed by atoms with Crippen molar-refractivity contribution in [1.82, 2.24) is 0 Å². The number of hydrogen-bond acceptors (Lipinski definition) is 3. The van der Waals surface area contributed by atoms with Gasteiger partial charge in [-0.1, -0.05) is 0 Å². The Bertz CT molecular complexity index is 27.9. The third kappa shape index (κ3) is 62.9. The first-order valence-corrected chi connectivity index (χ1v) is 2.60. The summed E-state index contributed by atoms with van der Waals surface area (Å²) in [5.74, 6) is 0. The van der Waals surface area contributed by atoms with E-state index in [1.165, 1.54) is 0 Å². The van der Waals surface area contributed by atoms with Crippen molar-refractivity contribution in [3.8, 4) is 0 Å². The molecule has 30 valence electrons. The molecule has 0 N–H and O–H groups in total. The fraction of sp³-hybridized carbons (Fsp3) is 0. The van der Waals surface area contributed by atoms with Crippen molar-refractivity contribution < 1.29 is 12.2 Å². The molecular weight excluding hydrogens is 206 g/mol. The van der Waals surface area contributed by atoms with E-state index in [-0.39, 0.29) is 17.1 Å². The molecule has 5 heteroatoms. The van der Waals surface area contributed by atoms with E-state index in [0.717, 1.165) is 0 Å². The molecule has 0 unspecified atom stereocenters. The maximum absolute atomic E-state index is 8.54. The van der Waals surface area contributed by atoms with Gasteiger partial charge in [-0.25, -0.2) is 0 Å². The van der Waals surface area contributed by atoms with Gasteiger partial charge in [0, 0.05) is 0 Å². The molecular formula is O3Se2. The Kier molecular flexibility index (Phi) is 8.79. The van der Waals surface area contributed by atoms with Gasteiger partial charge in [-0.15, -0.1) is 0 Å². The average molecular weight is 206 g/mol. The molecule has 0 bridgehead atoms. The van der Waals surface area contributed by atoms with Crippen LogP contribution in [0.25, 0.3) is 0 Å². The third-order valence-corrected chi connectivity index (χ3v) is 0. The molecule has 4 radical (unpaired) electrons. The Morgan fingerprint density at radius 2 is 1.40 bits per heavy atom. The summed E-state index contributed by atoms with van der Waals surface area (Å²) >= 11 is -3.79. The van der Waals surface area contributed by atoms with Crippen molar-refractivity contribution in [2.45, 2.75) is 0 Å². The van der Waals surface area contributed by atoms with E-state index in [2.05, 4.69) is 0 Å².